The zero-order chi connectivity index (χ0) is 15.0. The van der Waals surface area contributed by atoms with Gasteiger partial charge < -0.3 is 4.74 Å². The van der Waals surface area contributed by atoms with Crippen molar-refractivity contribution in [2.24, 2.45) is 0 Å². The van der Waals surface area contributed by atoms with Crippen LogP contribution in [0.25, 0.3) is 4.98 Å². The molecule has 0 unspecified atom stereocenters. The molecule has 1 rings (SSSR count). The first-order chi connectivity index (χ1) is 8.54. The van der Waals surface area contributed by atoms with E-state index in [-0.39, 0.29) is 4.47 Å². The second kappa shape index (κ2) is 5.02. The summed E-state index contributed by atoms with van der Waals surface area (Å²) in [5, 5.41) is 8.74. The van der Waals surface area contributed by atoms with E-state index in [1.807, 2.05) is 0 Å². The predicted molar refractivity (Wildman–Crippen MR) is 65.1 cm³/mol. The van der Waals surface area contributed by atoms with E-state index in [2.05, 4.69) is 25.6 Å². The number of methoxy groups -OCH3 is 1. The van der Waals surface area contributed by atoms with Crippen molar-refractivity contribution in [1.29, 1.82) is 5.39 Å². The Bertz CT molecular complexity index is 779. The zero-order valence-corrected chi connectivity index (χ0v) is 12.3. The third-order valence-corrected chi connectivity index (χ3v) is 4.32. The molecule has 0 fully saturated rings. The summed E-state index contributed by atoms with van der Waals surface area (Å²) in [6.45, 7) is 0. The molecule has 104 valence electrons. The van der Waals surface area contributed by atoms with Crippen molar-refractivity contribution in [3.8, 4) is 5.75 Å². The fourth-order valence-electron chi connectivity index (χ4n) is 1.30. The van der Waals surface area contributed by atoms with Crippen molar-refractivity contribution >= 4 is 41.9 Å². The summed E-state index contributed by atoms with van der Waals surface area (Å²) in [7, 11) is -8.82. The SMILES string of the molecule is COc1c(Br)cc(S(=O)(=O)O)c([N+]#N)c1S(=O)(=O)O. The Hall–Kier alpha value is -1.26. The molecule has 2 N–H and O–H groups in total. The molecule has 0 aromatic heterocycles. The molecule has 0 aliphatic heterocycles. The van der Waals surface area contributed by atoms with Crippen molar-refractivity contribution in [3.05, 3.63) is 15.5 Å². The van der Waals surface area contributed by atoms with Crippen molar-refractivity contribution < 1.29 is 30.7 Å². The highest BCUT2D eigenvalue weighted by Gasteiger charge is 2.39. The van der Waals surface area contributed by atoms with Gasteiger partial charge in [0.25, 0.3) is 0 Å². The normalized spacial score (nSPS) is 11.9. The molecule has 0 atom stereocenters. The minimum atomic E-state index is -4.98. The first-order valence-electron chi connectivity index (χ1n) is 4.24. The van der Waals surface area contributed by atoms with Crippen LogP contribution in [0.5, 0.6) is 5.75 Å². The summed E-state index contributed by atoms with van der Waals surface area (Å²) in [6.07, 6.45) is 0. The molecule has 0 aliphatic carbocycles. The highest BCUT2D eigenvalue weighted by Crippen LogP contribution is 2.43. The van der Waals surface area contributed by atoms with Crippen LogP contribution >= 0.6 is 15.9 Å². The number of hydrogen-bond acceptors (Lipinski definition) is 6. The monoisotopic (exact) mass is 373 g/mol. The smallest absolute Gasteiger partial charge is 0.430 e. The number of nitrogens with zero attached hydrogens (tertiary/aromatic N) is 2. The lowest BCUT2D eigenvalue weighted by Crippen LogP contribution is -2.07. The average molecular weight is 374 g/mol. The standard InChI is InChI=1S/C7H5BrN2O7S2/c1-17-6-3(8)2-4(18(11,12)13)5(10-9)7(6)19(14,15)16/h2H,1H3,(H-,11,12,13,14,15,16)/p+1. The summed E-state index contributed by atoms with van der Waals surface area (Å²) in [6, 6.07) is 0.762. The largest absolute Gasteiger partial charge is 0.494 e. The van der Waals surface area contributed by atoms with Crippen molar-refractivity contribution in [2.45, 2.75) is 9.79 Å². The molecule has 0 saturated carbocycles. The van der Waals surface area contributed by atoms with Gasteiger partial charge in [0, 0.05) is 0 Å². The van der Waals surface area contributed by atoms with Gasteiger partial charge in [-0.3, -0.25) is 9.11 Å². The maximum atomic E-state index is 11.2. The van der Waals surface area contributed by atoms with E-state index in [0.717, 1.165) is 13.2 Å². The lowest BCUT2D eigenvalue weighted by Gasteiger charge is -2.07. The van der Waals surface area contributed by atoms with Gasteiger partial charge in [0.15, 0.2) is 15.6 Å². The van der Waals surface area contributed by atoms with Crippen LogP contribution in [-0.4, -0.2) is 33.1 Å². The van der Waals surface area contributed by atoms with Gasteiger partial charge in [-0.1, -0.05) is 0 Å². The van der Waals surface area contributed by atoms with Crippen molar-refractivity contribution in [3.63, 3.8) is 0 Å². The summed E-state index contributed by atoms with van der Waals surface area (Å²) < 4.78 is 67.1. The molecular formula is C7H6BrN2O7S2+. The lowest BCUT2D eigenvalue weighted by molar-refractivity contribution is 0.395. The van der Waals surface area contributed by atoms with Crippen molar-refractivity contribution in [1.82, 2.24) is 0 Å². The summed E-state index contributed by atoms with van der Waals surface area (Å²) in [5.74, 6) is -0.484. The molecule has 12 heteroatoms. The summed E-state index contributed by atoms with van der Waals surface area (Å²) in [5.41, 5.74) is -1.06. The number of halogens is 1. The van der Waals surface area contributed by atoms with E-state index < -0.39 is 41.5 Å². The Kier molecular flexibility index (Phi) is 4.17. The van der Waals surface area contributed by atoms with Gasteiger partial charge >= 0.3 is 25.9 Å². The lowest BCUT2D eigenvalue weighted by atomic mass is 10.3. The Balaban J connectivity index is 4.10. The van der Waals surface area contributed by atoms with E-state index in [4.69, 9.17) is 14.5 Å². The molecule has 1 aromatic rings. The van der Waals surface area contributed by atoms with Gasteiger partial charge in [0.1, 0.15) is 0 Å². The zero-order valence-electron chi connectivity index (χ0n) is 9.10. The van der Waals surface area contributed by atoms with Crippen LogP contribution in [0.15, 0.2) is 20.3 Å². The number of diazo groups is 1. The molecule has 0 radical (unpaired) electrons. The molecule has 9 nitrogen and oxygen atoms in total. The fourth-order valence-corrected chi connectivity index (χ4v) is 3.71. The molecule has 0 saturated heterocycles. The average Bonchev–Trinajstić information content (AvgIpc) is 2.24. The van der Waals surface area contributed by atoms with Gasteiger partial charge in [-0.15, -0.1) is 0 Å². The summed E-state index contributed by atoms with van der Waals surface area (Å²) >= 11 is 2.81. The Morgan fingerprint density at radius 2 is 1.79 bits per heavy atom. The van der Waals surface area contributed by atoms with Crippen LogP contribution in [0.1, 0.15) is 0 Å². The van der Waals surface area contributed by atoms with Crippen LogP contribution in [0.3, 0.4) is 0 Å². The Morgan fingerprint density at radius 1 is 1.26 bits per heavy atom. The molecule has 0 heterocycles. The topological polar surface area (TPSA) is 146 Å². The van der Waals surface area contributed by atoms with E-state index in [0.29, 0.717) is 0 Å². The summed E-state index contributed by atoms with van der Waals surface area (Å²) in [4.78, 5) is 0.358. The number of rotatable bonds is 3. The number of ether oxygens (including phenoxy) is 1. The van der Waals surface area contributed by atoms with E-state index in [1.54, 1.807) is 0 Å². The minimum Gasteiger partial charge on any atom is -0.494 e. The molecule has 0 spiro atoms. The molecule has 19 heavy (non-hydrogen) atoms. The highest BCUT2D eigenvalue weighted by molar-refractivity contribution is 9.10. The molecule has 1 aromatic carbocycles. The van der Waals surface area contributed by atoms with Crippen LogP contribution in [0, 0.1) is 5.39 Å². The third kappa shape index (κ3) is 3.01. The minimum absolute atomic E-state index is 0.192. The van der Waals surface area contributed by atoms with E-state index >= 15 is 0 Å². The maximum absolute atomic E-state index is 11.2. The van der Waals surface area contributed by atoms with Gasteiger partial charge in [-0.05, 0) is 22.0 Å². The number of hydrogen-bond donors (Lipinski definition) is 2. The van der Waals surface area contributed by atoms with Crippen LogP contribution in [0.2, 0.25) is 0 Å². The van der Waals surface area contributed by atoms with Gasteiger partial charge in [0.2, 0.25) is 10.3 Å². The van der Waals surface area contributed by atoms with E-state index in [1.165, 1.54) is 0 Å². The predicted octanol–water partition coefficient (Wildman–Crippen LogP) is 1.44. The highest BCUT2D eigenvalue weighted by atomic mass is 79.9. The fraction of sp³-hybridized carbons (Fsp3) is 0.143. The second-order valence-electron chi connectivity index (χ2n) is 3.12. The van der Waals surface area contributed by atoms with Gasteiger partial charge in [-0.25, -0.2) is 0 Å². The van der Waals surface area contributed by atoms with E-state index in [9.17, 15) is 16.8 Å². The molecule has 0 aliphatic rings. The van der Waals surface area contributed by atoms with Crippen LogP contribution in [-0.2, 0) is 20.2 Å². The van der Waals surface area contributed by atoms with Gasteiger partial charge in [0.05, 0.1) is 11.6 Å². The van der Waals surface area contributed by atoms with Gasteiger partial charge in [-0.2, -0.15) is 16.8 Å². The Morgan fingerprint density at radius 3 is 2.11 bits per heavy atom. The Labute approximate surface area is 116 Å². The quantitative estimate of drug-likeness (QED) is 0.597. The van der Waals surface area contributed by atoms with Crippen LogP contribution < -0.4 is 4.74 Å². The first-order valence-corrected chi connectivity index (χ1v) is 7.92. The first kappa shape index (κ1) is 15.8. The second-order valence-corrected chi connectivity index (χ2v) is 6.72. The molecule has 0 bridgehead atoms. The van der Waals surface area contributed by atoms with Crippen LogP contribution in [0.4, 0.5) is 5.69 Å². The maximum Gasteiger partial charge on any atom is 0.430 e. The molecular weight excluding hydrogens is 368 g/mol. The van der Waals surface area contributed by atoms with Crippen molar-refractivity contribution in [2.75, 3.05) is 7.11 Å². The number of benzene rings is 1. The molecule has 0 amide bonds. The third-order valence-electron chi connectivity index (χ3n) is 1.97.